The van der Waals surface area contributed by atoms with Gasteiger partial charge in [0.05, 0.1) is 10.4 Å². The average Bonchev–Trinajstić information content (AvgIpc) is 2.81. The van der Waals surface area contributed by atoms with Crippen molar-refractivity contribution in [2.75, 3.05) is 7.05 Å². The summed E-state index contributed by atoms with van der Waals surface area (Å²) in [6.07, 6.45) is 5.25. The van der Waals surface area contributed by atoms with Crippen LogP contribution in [0, 0.1) is 0 Å². The Hall–Kier alpha value is 0.0500. The molecule has 1 aromatic rings. The SMILES string of the molecule is CN(C1CCCCC1)S(=O)(=O)c1cc(CO)sc1Br. The predicted molar refractivity (Wildman–Crippen MR) is 79.8 cm³/mol. The summed E-state index contributed by atoms with van der Waals surface area (Å²) in [5.74, 6) is 0. The molecule has 1 aliphatic rings. The van der Waals surface area contributed by atoms with Gasteiger partial charge in [-0.15, -0.1) is 11.3 Å². The van der Waals surface area contributed by atoms with Gasteiger partial charge in [0.15, 0.2) is 0 Å². The van der Waals surface area contributed by atoms with E-state index < -0.39 is 10.0 Å². The molecule has 1 aromatic heterocycles. The molecule has 2 rings (SSSR count). The van der Waals surface area contributed by atoms with Crippen molar-refractivity contribution in [3.63, 3.8) is 0 Å². The second-order valence-electron chi connectivity index (χ2n) is 4.82. The van der Waals surface area contributed by atoms with Crippen LogP contribution in [0.2, 0.25) is 0 Å². The van der Waals surface area contributed by atoms with Crippen molar-refractivity contribution >= 4 is 37.3 Å². The lowest BCUT2D eigenvalue weighted by Gasteiger charge is -2.30. The van der Waals surface area contributed by atoms with Gasteiger partial charge in [0.25, 0.3) is 0 Å². The molecule has 1 aliphatic carbocycles. The van der Waals surface area contributed by atoms with Crippen molar-refractivity contribution in [1.29, 1.82) is 0 Å². The van der Waals surface area contributed by atoms with Crippen molar-refractivity contribution in [1.82, 2.24) is 4.31 Å². The first-order valence-corrected chi connectivity index (χ1v) is 9.39. The molecule has 19 heavy (non-hydrogen) atoms. The highest BCUT2D eigenvalue weighted by Crippen LogP contribution is 2.35. The molecule has 1 fully saturated rings. The van der Waals surface area contributed by atoms with Gasteiger partial charge in [-0.05, 0) is 34.8 Å². The lowest BCUT2D eigenvalue weighted by molar-refractivity contribution is 0.284. The van der Waals surface area contributed by atoms with Crippen LogP contribution >= 0.6 is 27.3 Å². The lowest BCUT2D eigenvalue weighted by atomic mass is 9.96. The van der Waals surface area contributed by atoms with Gasteiger partial charge in [-0.2, -0.15) is 4.31 Å². The van der Waals surface area contributed by atoms with Crippen LogP contribution in [-0.2, 0) is 16.6 Å². The molecule has 108 valence electrons. The second kappa shape index (κ2) is 6.22. The highest BCUT2D eigenvalue weighted by Gasteiger charge is 2.31. The summed E-state index contributed by atoms with van der Waals surface area (Å²) in [7, 11) is -1.81. The fourth-order valence-electron chi connectivity index (χ4n) is 2.45. The highest BCUT2D eigenvalue weighted by molar-refractivity contribution is 9.11. The normalized spacial score (nSPS) is 18.1. The number of aliphatic hydroxyl groups excluding tert-OH is 1. The molecule has 0 amide bonds. The van der Waals surface area contributed by atoms with Gasteiger partial charge in [0, 0.05) is 18.0 Å². The van der Waals surface area contributed by atoms with Gasteiger partial charge >= 0.3 is 0 Å². The molecular weight excluding hydrogens is 350 g/mol. The first kappa shape index (κ1) is 15.4. The molecule has 0 radical (unpaired) electrons. The number of hydrogen-bond acceptors (Lipinski definition) is 4. The maximum absolute atomic E-state index is 12.6. The van der Waals surface area contributed by atoms with E-state index in [9.17, 15) is 8.42 Å². The predicted octanol–water partition coefficient (Wildman–Crippen LogP) is 2.96. The van der Waals surface area contributed by atoms with E-state index in [1.165, 1.54) is 22.1 Å². The largest absolute Gasteiger partial charge is 0.391 e. The smallest absolute Gasteiger partial charge is 0.245 e. The standard InChI is InChI=1S/C12H18BrNO3S2/c1-14(9-5-3-2-4-6-9)19(16,17)11-7-10(8-15)18-12(11)13/h7,9,15H,2-6,8H2,1H3. The van der Waals surface area contributed by atoms with E-state index in [1.54, 1.807) is 13.1 Å². The number of aliphatic hydroxyl groups is 1. The molecule has 7 heteroatoms. The van der Waals surface area contributed by atoms with E-state index >= 15 is 0 Å². The van der Waals surface area contributed by atoms with E-state index in [2.05, 4.69) is 15.9 Å². The Balaban J connectivity index is 2.27. The van der Waals surface area contributed by atoms with Crippen LogP contribution < -0.4 is 0 Å². The lowest BCUT2D eigenvalue weighted by Crippen LogP contribution is -2.38. The molecule has 0 saturated heterocycles. The van der Waals surface area contributed by atoms with E-state index in [-0.39, 0.29) is 17.5 Å². The zero-order chi connectivity index (χ0) is 14.0. The average molecular weight is 368 g/mol. The quantitative estimate of drug-likeness (QED) is 0.889. The number of nitrogens with zero attached hydrogens (tertiary/aromatic N) is 1. The minimum Gasteiger partial charge on any atom is -0.391 e. The number of rotatable bonds is 4. The van der Waals surface area contributed by atoms with Crippen LogP contribution in [0.25, 0.3) is 0 Å². The minimum absolute atomic E-state index is 0.100. The van der Waals surface area contributed by atoms with Crippen LogP contribution in [0.15, 0.2) is 14.7 Å². The van der Waals surface area contributed by atoms with Gasteiger partial charge in [-0.1, -0.05) is 19.3 Å². The Kier molecular flexibility index (Phi) is 5.05. The van der Waals surface area contributed by atoms with Crippen molar-refractivity contribution in [2.24, 2.45) is 0 Å². The van der Waals surface area contributed by atoms with E-state index in [4.69, 9.17) is 5.11 Å². The third-order valence-corrected chi connectivity index (χ3v) is 7.76. The number of hydrogen-bond donors (Lipinski definition) is 1. The van der Waals surface area contributed by atoms with Crippen molar-refractivity contribution in [3.05, 3.63) is 14.7 Å². The van der Waals surface area contributed by atoms with Gasteiger partial charge in [-0.3, -0.25) is 0 Å². The van der Waals surface area contributed by atoms with E-state index in [0.29, 0.717) is 8.66 Å². The molecule has 1 saturated carbocycles. The summed E-state index contributed by atoms with van der Waals surface area (Å²) < 4.78 is 27.3. The van der Waals surface area contributed by atoms with Crippen LogP contribution in [0.4, 0.5) is 0 Å². The summed E-state index contributed by atoms with van der Waals surface area (Å²) in [6, 6.07) is 1.66. The third kappa shape index (κ3) is 3.21. The molecule has 1 heterocycles. The molecule has 0 aromatic carbocycles. The maximum atomic E-state index is 12.6. The van der Waals surface area contributed by atoms with Crippen LogP contribution in [0.1, 0.15) is 37.0 Å². The van der Waals surface area contributed by atoms with Crippen LogP contribution in [-0.4, -0.2) is 30.9 Å². The molecular formula is C12H18BrNO3S2. The van der Waals surface area contributed by atoms with E-state index in [0.717, 1.165) is 25.7 Å². The Morgan fingerprint density at radius 1 is 1.42 bits per heavy atom. The van der Waals surface area contributed by atoms with Crippen LogP contribution in [0.5, 0.6) is 0 Å². The van der Waals surface area contributed by atoms with Crippen LogP contribution in [0.3, 0.4) is 0 Å². The fraction of sp³-hybridized carbons (Fsp3) is 0.667. The van der Waals surface area contributed by atoms with Crippen molar-refractivity contribution < 1.29 is 13.5 Å². The molecule has 4 nitrogen and oxygen atoms in total. The third-order valence-electron chi connectivity index (χ3n) is 3.61. The Morgan fingerprint density at radius 3 is 2.58 bits per heavy atom. The monoisotopic (exact) mass is 367 g/mol. The molecule has 0 spiro atoms. The Bertz CT molecular complexity index is 535. The molecule has 0 atom stereocenters. The van der Waals surface area contributed by atoms with Gasteiger partial charge in [0.2, 0.25) is 10.0 Å². The molecule has 1 N–H and O–H groups in total. The maximum Gasteiger partial charge on any atom is 0.245 e. The Morgan fingerprint density at radius 2 is 2.05 bits per heavy atom. The minimum atomic E-state index is -3.47. The molecule has 0 bridgehead atoms. The van der Waals surface area contributed by atoms with Gasteiger partial charge in [-0.25, -0.2) is 8.42 Å². The molecule has 0 unspecified atom stereocenters. The topological polar surface area (TPSA) is 57.6 Å². The summed E-state index contributed by atoms with van der Waals surface area (Å²) in [5, 5.41) is 9.11. The fourth-order valence-corrected chi connectivity index (χ4v) is 6.35. The highest BCUT2D eigenvalue weighted by atomic mass is 79.9. The number of thiophene rings is 1. The first-order valence-electron chi connectivity index (χ1n) is 6.34. The zero-order valence-corrected chi connectivity index (χ0v) is 14.0. The van der Waals surface area contributed by atoms with Gasteiger partial charge < -0.3 is 5.11 Å². The summed E-state index contributed by atoms with van der Waals surface area (Å²) in [6.45, 7) is -0.133. The van der Waals surface area contributed by atoms with E-state index in [1.807, 2.05) is 0 Å². The molecule has 0 aliphatic heterocycles. The summed E-state index contributed by atoms with van der Waals surface area (Å²) in [4.78, 5) is 0.928. The number of sulfonamides is 1. The summed E-state index contributed by atoms with van der Waals surface area (Å²) >= 11 is 4.55. The van der Waals surface area contributed by atoms with Crippen molar-refractivity contribution in [2.45, 2.75) is 49.6 Å². The zero-order valence-electron chi connectivity index (χ0n) is 10.8. The number of halogens is 1. The second-order valence-corrected chi connectivity index (χ2v) is 9.24. The van der Waals surface area contributed by atoms with Gasteiger partial charge in [0.1, 0.15) is 4.90 Å². The first-order chi connectivity index (χ1) is 8.96. The summed E-state index contributed by atoms with van der Waals surface area (Å²) in [5.41, 5.74) is 0. The van der Waals surface area contributed by atoms with Crippen molar-refractivity contribution in [3.8, 4) is 0 Å². The Labute approximate surface area is 126 Å².